The summed E-state index contributed by atoms with van der Waals surface area (Å²) in [6.07, 6.45) is 8.77. The second kappa shape index (κ2) is 8.39. The number of rotatable bonds is 5. The summed E-state index contributed by atoms with van der Waals surface area (Å²) in [5, 5.41) is 4.57. The fourth-order valence-corrected chi connectivity index (χ4v) is 4.15. The van der Waals surface area contributed by atoms with Gasteiger partial charge in [-0.05, 0) is 62.2 Å². The van der Waals surface area contributed by atoms with E-state index in [1.165, 1.54) is 12.3 Å². The Hall–Kier alpha value is -3.39. The first-order chi connectivity index (χ1) is 15.1. The first kappa shape index (κ1) is 19.6. The van der Waals surface area contributed by atoms with E-state index in [-0.39, 0.29) is 11.4 Å². The van der Waals surface area contributed by atoms with Crippen LogP contribution in [0.15, 0.2) is 66.0 Å². The van der Waals surface area contributed by atoms with Gasteiger partial charge in [0.1, 0.15) is 11.5 Å². The van der Waals surface area contributed by atoms with Gasteiger partial charge in [-0.2, -0.15) is 5.10 Å². The number of hydrogen-bond acceptors (Lipinski definition) is 5. The maximum Gasteiger partial charge on any atom is 0.266 e. The summed E-state index contributed by atoms with van der Waals surface area (Å²) in [7, 11) is 0. The number of piperidine rings is 1. The van der Waals surface area contributed by atoms with Crippen LogP contribution in [0, 0.1) is 11.7 Å². The van der Waals surface area contributed by atoms with Gasteiger partial charge < -0.3 is 4.40 Å². The summed E-state index contributed by atoms with van der Waals surface area (Å²) in [4.78, 5) is 23.3. The fraction of sp³-hybridized carbons (Fsp3) is 0.304. The third-order valence-electron chi connectivity index (χ3n) is 5.83. The number of likely N-dealkylation sites (tertiary alicyclic amines) is 1. The molecule has 4 aromatic rings. The normalized spacial score (nSPS) is 15.5. The Morgan fingerprint density at radius 2 is 1.81 bits per heavy atom. The van der Waals surface area contributed by atoms with E-state index in [0.29, 0.717) is 12.5 Å². The molecule has 158 valence electrons. The number of fused-ring (bicyclic) bond motifs is 1. The molecule has 31 heavy (non-hydrogen) atoms. The first-order valence-corrected chi connectivity index (χ1v) is 10.5. The molecule has 0 radical (unpaired) electrons. The van der Waals surface area contributed by atoms with Crippen molar-refractivity contribution in [1.82, 2.24) is 29.0 Å². The quantitative estimate of drug-likeness (QED) is 0.498. The van der Waals surface area contributed by atoms with Crippen molar-refractivity contribution in [1.29, 1.82) is 0 Å². The molecule has 0 amide bonds. The Bertz CT molecular complexity index is 1240. The minimum absolute atomic E-state index is 0.0721. The van der Waals surface area contributed by atoms with Gasteiger partial charge in [0.25, 0.3) is 5.56 Å². The van der Waals surface area contributed by atoms with E-state index >= 15 is 0 Å². The maximum absolute atomic E-state index is 13.4. The minimum atomic E-state index is -0.269. The van der Waals surface area contributed by atoms with Crippen LogP contribution in [0.3, 0.4) is 0 Å². The Morgan fingerprint density at radius 3 is 2.61 bits per heavy atom. The summed E-state index contributed by atoms with van der Waals surface area (Å²) in [6, 6.07) is 10.3. The molecule has 0 aromatic carbocycles. The third kappa shape index (κ3) is 4.39. The lowest BCUT2D eigenvalue weighted by Crippen LogP contribution is -2.36. The lowest BCUT2D eigenvalue weighted by atomic mass is 9.96. The third-order valence-corrected chi connectivity index (χ3v) is 5.83. The molecule has 1 aliphatic heterocycles. The van der Waals surface area contributed by atoms with Gasteiger partial charge in [-0.3, -0.25) is 14.7 Å². The highest BCUT2D eigenvalue weighted by molar-refractivity contribution is 5.57. The molecule has 0 N–H and O–H groups in total. The van der Waals surface area contributed by atoms with Crippen molar-refractivity contribution in [2.24, 2.45) is 5.92 Å². The Balaban J connectivity index is 1.21. The van der Waals surface area contributed by atoms with Crippen molar-refractivity contribution in [2.75, 3.05) is 13.1 Å². The molecule has 7 nitrogen and oxygen atoms in total. The fourth-order valence-electron chi connectivity index (χ4n) is 4.15. The number of halogens is 1. The number of pyridine rings is 2. The average molecular weight is 418 g/mol. The first-order valence-electron chi connectivity index (χ1n) is 10.5. The summed E-state index contributed by atoms with van der Waals surface area (Å²) >= 11 is 0. The number of nitrogens with zero attached hydrogens (tertiary/aromatic N) is 6. The monoisotopic (exact) mass is 418 g/mol. The number of aromatic nitrogens is 5. The van der Waals surface area contributed by atoms with Crippen LogP contribution in [0.5, 0.6) is 0 Å². The summed E-state index contributed by atoms with van der Waals surface area (Å²) in [5.74, 6) is 0.137. The minimum Gasteiger partial charge on any atom is -0.304 e. The maximum atomic E-state index is 13.4. The zero-order valence-electron chi connectivity index (χ0n) is 17.1. The van der Waals surface area contributed by atoms with Gasteiger partial charge in [0.2, 0.25) is 0 Å². The lowest BCUT2D eigenvalue weighted by Gasteiger charge is -2.31. The predicted molar refractivity (Wildman–Crippen MR) is 115 cm³/mol. The molecule has 0 bridgehead atoms. The summed E-state index contributed by atoms with van der Waals surface area (Å²) in [6.45, 7) is 3.24. The Morgan fingerprint density at radius 1 is 1.00 bits per heavy atom. The summed E-state index contributed by atoms with van der Waals surface area (Å²) < 4.78 is 16.7. The second-order valence-corrected chi connectivity index (χ2v) is 8.04. The second-order valence-electron chi connectivity index (χ2n) is 8.04. The Labute approximate surface area is 178 Å². The van der Waals surface area contributed by atoms with E-state index in [0.717, 1.165) is 55.1 Å². The van der Waals surface area contributed by atoms with Crippen LogP contribution in [0.25, 0.3) is 16.9 Å². The van der Waals surface area contributed by atoms with Crippen LogP contribution in [-0.2, 0) is 13.1 Å². The average Bonchev–Trinajstić information content (AvgIpc) is 3.18. The topological polar surface area (TPSA) is 68.3 Å². The molecule has 1 fully saturated rings. The van der Waals surface area contributed by atoms with Crippen LogP contribution in [0.4, 0.5) is 4.39 Å². The van der Waals surface area contributed by atoms with E-state index in [1.807, 2.05) is 18.3 Å². The van der Waals surface area contributed by atoms with Crippen molar-refractivity contribution < 1.29 is 4.39 Å². The van der Waals surface area contributed by atoms with Crippen LogP contribution >= 0.6 is 0 Å². The van der Waals surface area contributed by atoms with Crippen LogP contribution in [-0.4, -0.2) is 42.1 Å². The van der Waals surface area contributed by atoms with Crippen molar-refractivity contribution in [3.63, 3.8) is 0 Å². The number of imidazole rings is 1. The zero-order valence-corrected chi connectivity index (χ0v) is 17.1. The van der Waals surface area contributed by atoms with Gasteiger partial charge in [0, 0.05) is 49.5 Å². The van der Waals surface area contributed by atoms with Gasteiger partial charge in [0.15, 0.2) is 0 Å². The van der Waals surface area contributed by atoms with E-state index in [4.69, 9.17) is 0 Å². The molecular formula is C23H23FN6O. The van der Waals surface area contributed by atoms with Gasteiger partial charge >= 0.3 is 0 Å². The molecule has 5 rings (SSSR count). The Kier molecular flexibility index (Phi) is 5.30. The highest BCUT2D eigenvalue weighted by Gasteiger charge is 2.21. The molecule has 4 aromatic heterocycles. The molecule has 1 aliphatic rings. The van der Waals surface area contributed by atoms with Crippen molar-refractivity contribution >= 4 is 5.65 Å². The van der Waals surface area contributed by atoms with E-state index in [1.54, 1.807) is 39.7 Å². The molecule has 0 atom stereocenters. The van der Waals surface area contributed by atoms with E-state index in [2.05, 4.69) is 20.0 Å². The molecule has 0 unspecified atom stereocenters. The van der Waals surface area contributed by atoms with Crippen molar-refractivity contribution in [2.45, 2.75) is 25.9 Å². The van der Waals surface area contributed by atoms with Gasteiger partial charge in [-0.15, -0.1) is 0 Å². The highest BCUT2D eigenvalue weighted by atomic mass is 19.1. The molecule has 1 saturated heterocycles. The SMILES string of the molecule is O=c1ccc(-c2ccncc2)nn1CC1CCN(Cc2cn3cc(F)ccc3n2)CC1. The molecule has 8 heteroatoms. The molecule has 5 heterocycles. The predicted octanol–water partition coefficient (Wildman–Crippen LogP) is 3.00. The molecule has 0 aliphatic carbocycles. The number of hydrogen-bond donors (Lipinski definition) is 0. The lowest BCUT2D eigenvalue weighted by molar-refractivity contribution is 0.162. The van der Waals surface area contributed by atoms with Gasteiger partial charge in [0.05, 0.1) is 11.4 Å². The standard InChI is InChI=1S/C23H23FN6O/c24-19-1-3-22-26-20(16-29(22)14-19)15-28-11-7-17(8-12-28)13-30-23(31)4-2-21(27-30)18-5-9-25-10-6-18/h1-6,9-10,14,16-17H,7-8,11-13,15H2. The van der Waals surface area contributed by atoms with E-state index in [9.17, 15) is 9.18 Å². The molecule has 0 spiro atoms. The smallest absolute Gasteiger partial charge is 0.266 e. The largest absolute Gasteiger partial charge is 0.304 e. The van der Waals surface area contributed by atoms with Gasteiger partial charge in [-0.25, -0.2) is 14.1 Å². The summed E-state index contributed by atoms with van der Waals surface area (Å²) in [5.41, 5.74) is 3.35. The van der Waals surface area contributed by atoms with Crippen LogP contribution in [0.1, 0.15) is 18.5 Å². The van der Waals surface area contributed by atoms with Crippen LogP contribution in [0.2, 0.25) is 0 Å². The van der Waals surface area contributed by atoms with E-state index < -0.39 is 0 Å². The van der Waals surface area contributed by atoms with Crippen molar-refractivity contribution in [3.05, 3.63) is 83.1 Å². The molecular weight excluding hydrogens is 395 g/mol. The van der Waals surface area contributed by atoms with Crippen molar-refractivity contribution in [3.8, 4) is 11.3 Å². The van der Waals surface area contributed by atoms with Gasteiger partial charge in [-0.1, -0.05) is 0 Å². The molecule has 0 saturated carbocycles. The zero-order chi connectivity index (χ0) is 21.2. The van der Waals surface area contributed by atoms with Crippen LogP contribution < -0.4 is 5.56 Å². The highest BCUT2D eigenvalue weighted by Crippen LogP contribution is 2.21.